The first-order chi connectivity index (χ1) is 20.8. The molecule has 3 heterocycles. The Hall–Kier alpha value is -4.03. The maximum Gasteiger partial charge on any atom is 0.416 e. The van der Waals surface area contributed by atoms with E-state index in [1.807, 2.05) is 12.1 Å². The van der Waals surface area contributed by atoms with Gasteiger partial charge in [0.25, 0.3) is 0 Å². The molecule has 1 saturated heterocycles. The van der Waals surface area contributed by atoms with Gasteiger partial charge < -0.3 is 19.7 Å². The molecule has 1 aliphatic heterocycles. The lowest BCUT2D eigenvalue weighted by molar-refractivity contribution is -0.137. The molecule has 0 spiro atoms. The SMILES string of the molecule is CCN1CCN(c2cc3c(cc2Nc2nnc(-c4cccc(C(F)(F)F)c4)s2)nc(-c2ccccc2F)n3C2CC2)CC1. The zero-order chi connectivity index (χ0) is 29.7. The first-order valence-corrected chi connectivity index (χ1v) is 15.2. The number of benzene rings is 3. The molecule has 1 N–H and O–H groups in total. The third-order valence-corrected chi connectivity index (χ3v) is 8.99. The second-order valence-corrected chi connectivity index (χ2v) is 11.9. The molecular weight excluding hydrogens is 578 g/mol. The van der Waals surface area contributed by atoms with Crippen LogP contribution in [0.1, 0.15) is 31.4 Å². The van der Waals surface area contributed by atoms with E-state index in [1.54, 1.807) is 18.2 Å². The van der Waals surface area contributed by atoms with Gasteiger partial charge >= 0.3 is 6.18 Å². The van der Waals surface area contributed by atoms with Crippen LogP contribution in [0, 0.1) is 5.82 Å². The Morgan fingerprint density at radius 3 is 2.47 bits per heavy atom. The molecule has 2 fully saturated rings. The quantitative estimate of drug-likeness (QED) is 0.192. The number of halogens is 4. The average molecular weight is 608 g/mol. The Morgan fingerprint density at radius 1 is 0.953 bits per heavy atom. The highest BCUT2D eigenvalue weighted by Crippen LogP contribution is 2.44. The number of hydrogen-bond acceptors (Lipinski definition) is 7. The second kappa shape index (κ2) is 10.9. The van der Waals surface area contributed by atoms with Crippen LogP contribution in [-0.2, 0) is 6.18 Å². The van der Waals surface area contributed by atoms with E-state index in [-0.39, 0.29) is 11.9 Å². The fraction of sp³-hybridized carbons (Fsp3) is 0.323. The topological polar surface area (TPSA) is 62.1 Å². The summed E-state index contributed by atoms with van der Waals surface area (Å²) in [5.74, 6) is 0.294. The molecule has 7 nitrogen and oxygen atoms in total. The molecule has 2 aliphatic rings. The molecule has 2 aromatic heterocycles. The van der Waals surface area contributed by atoms with Crippen molar-refractivity contribution in [3.63, 3.8) is 0 Å². The van der Waals surface area contributed by atoms with Crippen molar-refractivity contribution in [2.45, 2.75) is 32.0 Å². The molecule has 0 atom stereocenters. The number of aromatic nitrogens is 4. The number of anilines is 3. The van der Waals surface area contributed by atoms with Crippen LogP contribution in [-0.4, -0.2) is 57.4 Å². The summed E-state index contributed by atoms with van der Waals surface area (Å²) in [6.07, 6.45) is -2.42. The Bertz CT molecular complexity index is 1780. The predicted octanol–water partition coefficient (Wildman–Crippen LogP) is 7.60. The number of piperazine rings is 1. The highest BCUT2D eigenvalue weighted by atomic mass is 32.1. The Labute approximate surface area is 249 Å². The first kappa shape index (κ1) is 27.8. The zero-order valence-corrected chi connectivity index (χ0v) is 24.2. The number of imidazole rings is 1. The molecule has 1 saturated carbocycles. The van der Waals surface area contributed by atoms with E-state index in [0.29, 0.717) is 27.1 Å². The summed E-state index contributed by atoms with van der Waals surface area (Å²) in [7, 11) is 0. The predicted molar refractivity (Wildman–Crippen MR) is 161 cm³/mol. The summed E-state index contributed by atoms with van der Waals surface area (Å²) in [6, 6.07) is 16.2. The number of rotatable bonds is 7. The largest absolute Gasteiger partial charge is 0.416 e. The van der Waals surface area contributed by atoms with Crippen molar-refractivity contribution in [2.75, 3.05) is 42.9 Å². The molecule has 0 unspecified atom stereocenters. The van der Waals surface area contributed by atoms with Gasteiger partial charge in [-0.3, -0.25) is 0 Å². The zero-order valence-electron chi connectivity index (χ0n) is 23.4. The van der Waals surface area contributed by atoms with Gasteiger partial charge in [-0.25, -0.2) is 9.37 Å². The number of nitrogens with one attached hydrogen (secondary N) is 1. The summed E-state index contributed by atoms with van der Waals surface area (Å²) in [5, 5.41) is 12.7. The molecule has 0 bridgehead atoms. The molecular formula is C31H29F4N7S. The van der Waals surface area contributed by atoms with Crippen molar-refractivity contribution < 1.29 is 17.6 Å². The van der Waals surface area contributed by atoms with Crippen molar-refractivity contribution in [3.05, 3.63) is 72.0 Å². The number of fused-ring (bicyclic) bond motifs is 1. The summed E-state index contributed by atoms with van der Waals surface area (Å²) in [5.41, 5.74) is 3.50. The van der Waals surface area contributed by atoms with Crippen LogP contribution in [0.5, 0.6) is 0 Å². The van der Waals surface area contributed by atoms with E-state index >= 15 is 0 Å². The average Bonchev–Trinajstić information content (AvgIpc) is 3.62. The van der Waals surface area contributed by atoms with Crippen LogP contribution in [0.25, 0.3) is 33.0 Å². The molecule has 3 aromatic carbocycles. The lowest BCUT2D eigenvalue weighted by Gasteiger charge is -2.36. The lowest BCUT2D eigenvalue weighted by Crippen LogP contribution is -2.46. The van der Waals surface area contributed by atoms with E-state index < -0.39 is 11.7 Å². The number of hydrogen-bond donors (Lipinski definition) is 1. The van der Waals surface area contributed by atoms with Crippen molar-refractivity contribution in [1.29, 1.82) is 0 Å². The second-order valence-electron chi connectivity index (χ2n) is 10.9. The van der Waals surface area contributed by atoms with Gasteiger partial charge in [0.2, 0.25) is 5.13 Å². The molecule has 43 heavy (non-hydrogen) atoms. The van der Waals surface area contributed by atoms with E-state index in [0.717, 1.165) is 80.1 Å². The third-order valence-electron chi connectivity index (χ3n) is 8.10. The minimum Gasteiger partial charge on any atom is -0.367 e. The van der Waals surface area contributed by atoms with Gasteiger partial charge in [0.05, 0.1) is 33.5 Å². The maximum atomic E-state index is 15.0. The number of likely N-dealkylation sites (N-methyl/N-ethyl adjacent to an activating group) is 1. The summed E-state index contributed by atoms with van der Waals surface area (Å²) < 4.78 is 57.0. The minimum atomic E-state index is -4.45. The Kier molecular flexibility index (Phi) is 7.05. The van der Waals surface area contributed by atoms with E-state index in [4.69, 9.17) is 4.98 Å². The summed E-state index contributed by atoms with van der Waals surface area (Å²) in [6.45, 7) is 6.66. The Morgan fingerprint density at radius 2 is 1.74 bits per heavy atom. The molecule has 5 aromatic rings. The molecule has 0 radical (unpaired) electrons. The number of nitrogens with zero attached hydrogens (tertiary/aromatic N) is 6. The van der Waals surface area contributed by atoms with Crippen LogP contribution in [0.2, 0.25) is 0 Å². The van der Waals surface area contributed by atoms with E-state index in [9.17, 15) is 17.6 Å². The summed E-state index contributed by atoms with van der Waals surface area (Å²) in [4.78, 5) is 9.65. The highest BCUT2D eigenvalue weighted by molar-refractivity contribution is 7.18. The summed E-state index contributed by atoms with van der Waals surface area (Å²) >= 11 is 1.18. The van der Waals surface area contributed by atoms with Gasteiger partial charge in [-0.15, -0.1) is 10.2 Å². The van der Waals surface area contributed by atoms with Gasteiger partial charge in [-0.2, -0.15) is 13.2 Å². The minimum absolute atomic E-state index is 0.265. The van der Waals surface area contributed by atoms with Gasteiger partial charge in [0, 0.05) is 37.8 Å². The molecule has 1 aliphatic carbocycles. The Balaban J connectivity index is 1.30. The van der Waals surface area contributed by atoms with Crippen molar-refractivity contribution in [3.8, 4) is 22.0 Å². The van der Waals surface area contributed by atoms with E-state index in [2.05, 4.69) is 42.9 Å². The van der Waals surface area contributed by atoms with E-state index in [1.165, 1.54) is 23.5 Å². The highest BCUT2D eigenvalue weighted by Gasteiger charge is 2.32. The van der Waals surface area contributed by atoms with Crippen LogP contribution >= 0.6 is 11.3 Å². The van der Waals surface area contributed by atoms with Crippen molar-refractivity contribution in [1.82, 2.24) is 24.6 Å². The van der Waals surface area contributed by atoms with Crippen molar-refractivity contribution >= 4 is 38.9 Å². The van der Waals surface area contributed by atoms with Crippen LogP contribution in [0.3, 0.4) is 0 Å². The van der Waals surface area contributed by atoms with Crippen molar-refractivity contribution in [2.24, 2.45) is 0 Å². The maximum absolute atomic E-state index is 15.0. The molecule has 12 heteroatoms. The van der Waals surface area contributed by atoms with Gasteiger partial charge in [-0.1, -0.05) is 42.5 Å². The number of alkyl halides is 3. The van der Waals surface area contributed by atoms with Crippen LogP contribution in [0.15, 0.2) is 60.7 Å². The molecule has 0 amide bonds. The van der Waals surface area contributed by atoms with Gasteiger partial charge in [0.1, 0.15) is 16.6 Å². The molecule has 7 rings (SSSR count). The molecule has 222 valence electrons. The smallest absolute Gasteiger partial charge is 0.367 e. The van der Waals surface area contributed by atoms with Crippen LogP contribution < -0.4 is 10.2 Å². The first-order valence-electron chi connectivity index (χ1n) is 14.3. The normalized spacial score (nSPS) is 16.3. The van der Waals surface area contributed by atoms with Crippen LogP contribution in [0.4, 0.5) is 34.1 Å². The van der Waals surface area contributed by atoms with Gasteiger partial charge in [-0.05, 0) is 55.8 Å². The lowest BCUT2D eigenvalue weighted by atomic mass is 10.1. The third kappa shape index (κ3) is 5.45. The standard InChI is InChI=1S/C31H29F4N7S/c1-2-40-12-14-41(15-13-40)26-18-27-25(36-28(42(27)21-10-11-21)22-8-3-4-9-23(22)32)17-24(26)37-30-39-38-29(43-30)19-6-5-7-20(16-19)31(33,34)35/h3-9,16-18,21H,2,10-15H2,1H3,(H,37,39). The van der Waals surface area contributed by atoms with Gasteiger partial charge in [0.15, 0.2) is 0 Å². The monoisotopic (exact) mass is 607 g/mol. The fourth-order valence-electron chi connectivity index (χ4n) is 5.67. The fourth-order valence-corrected chi connectivity index (χ4v) is 6.42.